The molecule has 3 aliphatic heterocycles. The Labute approximate surface area is 162 Å². The van der Waals surface area contributed by atoms with Crippen molar-refractivity contribution in [2.75, 3.05) is 6.54 Å². The molecule has 2 aromatic carbocycles. The number of benzene rings is 2. The topological polar surface area (TPSA) is 67.3 Å². The molecule has 6 heteroatoms. The second kappa shape index (κ2) is 6.32. The molecule has 0 fully saturated rings. The summed E-state index contributed by atoms with van der Waals surface area (Å²) in [6.45, 7) is 2.46. The lowest BCUT2D eigenvalue weighted by Crippen LogP contribution is -2.39. The number of guanidine groups is 1. The molecular weight excluding hydrogens is 348 g/mol. The van der Waals surface area contributed by atoms with Crippen LogP contribution >= 0.6 is 0 Å². The van der Waals surface area contributed by atoms with Crippen LogP contribution in [0.15, 0.2) is 93.1 Å². The lowest BCUT2D eigenvalue weighted by Gasteiger charge is -2.32. The third-order valence-corrected chi connectivity index (χ3v) is 4.86. The first-order valence-electron chi connectivity index (χ1n) is 9.01. The number of nitrogens with zero attached hydrogens (tertiary/aromatic N) is 6. The monoisotopic (exact) mass is 364 g/mol. The van der Waals surface area contributed by atoms with E-state index in [9.17, 15) is 5.26 Å². The van der Waals surface area contributed by atoms with Gasteiger partial charge in [0.25, 0.3) is 5.96 Å². The van der Waals surface area contributed by atoms with Crippen molar-refractivity contribution < 1.29 is 0 Å². The third kappa shape index (κ3) is 2.53. The van der Waals surface area contributed by atoms with Gasteiger partial charge in [0.05, 0.1) is 18.0 Å². The fourth-order valence-electron chi connectivity index (χ4n) is 3.45. The third-order valence-electron chi connectivity index (χ3n) is 4.86. The molecular formula is C22H16N6. The van der Waals surface area contributed by atoms with Gasteiger partial charge in [-0.1, -0.05) is 60.7 Å². The van der Waals surface area contributed by atoms with Crippen LogP contribution in [0.1, 0.15) is 18.1 Å². The molecule has 0 amide bonds. The van der Waals surface area contributed by atoms with Gasteiger partial charge in [0.15, 0.2) is 5.84 Å². The van der Waals surface area contributed by atoms with E-state index in [1.807, 2.05) is 73.7 Å². The lowest BCUT2D eigenvalue weighted by molar-refractivity contribution is 0.452. The highest BCUT2D eigenvalue weighted by Crippen LogP contribution is 2.33. The van der Waals surface area contributed by atoms with E-state index in [4.69, 9.17) is 10.2 Å². The highest BCUT2D eigenvalue weighted by Gasteiger charge is 2.35. The number of nitriles is 1. The molecule has 0 N–H and O–H groups in total. The number of allylic oxidation sites excluding steroid dienone is 2. The van der Waals surface area contributed by atoms with Crippen molar-refractivity contribution in [3.05, 3.63) is 89.0 Å². The van der Waals surface area contributed by atoms with Crippen LogP contribution in [-0.2, 0) is 0 Å². The van der Waals surface area contributed by atoms with Crippen molar-refractivity contribution in [2.45, 2.75) is 6.92 Å². The molecule has 0 unspecified atom stereocenters. The average Bonchev–Trinajstić information content (AvgIpc) is 3.16. The van der Waals surface area contributed by atoms with Gasteiger partial charge in [-0.05, 0) is 24.1 Å². The highest BCUT2D eigenvalue weighted by atomic mass is 15.7. The lowest BCUT2D eigenvalue weighted by atomic mass is 10.0. The maximum Gasteiger partial charge on any atom is 0.264 e. The van der Waals surface area contributed by atoms with Crippen molar-refractivity contribution in [3.63, 3.8) is 0 Å². The summed E-state index contributed by atoms with van der Waals surface area (Å²) in [6.07, 6.45) is 1.98. The summed E-state index contributed by atoms with van der Waals surface area (Å²) in [5.74, 6) is 1.07. The van der Waals surface area contributed by atoms with Crippen molar-refractivity contribution in [1.82, 2.24) is 10.0 Å². The quantitative estimate of drug-likeness (QED) is 0.818. The molecule has 0 aliphatic carbocycles. The van der Waals surface area contributed by atoms with Crippen LogP contribution in [0.2, 0.25) is 0 Å². The minimum Gasteiger partial charge on any atom is -0.222 e. The van der Waals surface area contributed by atoms with Gasteiger partial charge in [-0.25, -0.2) is 15.0 Å². The molecule has 0 bridgehead atoms. The Bertz CT molecular complexity index is 1150. The van der Waals surface area contributed by atoms with E-state index < -0.39 is 0 Å². The molecule has 3 heterocycles. The van der Waals surface area contributed by atoms with E-state index >= 15 is 0 Å². The molecule has 2 aromatic rings. The minimum atomic E-state index is 0.524. The van der Waals surface area contributed by atoms with E-state index in [1.165, 1.54) is 0 Å². The van der Waals surface area contributed by atoms with Gasteiger partial charge in [0.1, 0.15) is 11.6 Å². The summed E-state index contributed by atoms with van der Waals surface area (Å²) >= 11 is 0. The van der Waals surface area contributed by atoms with Crippen molar-refractivity contribution in [1.29, 1.82) is 5.26 Å². The van der Waals surface area contributed by atoms with Crippen LogP contribution in [0.5, 0.6) is 0 Å². The molecule has 0 atom stereocenters. The molecule has 0 spiro atoms. The Morgan fingerprint density at radius 2 is 1.61 bits per heavy atom. The Morgan fingerprint density at radius 1 is 0.929 bits per heavy atom. The fourth-order valence-corrected chi connectivity index (χ4v) is 3.45. The van der Waals surface area contributed by atoms with Crippen LogP contribution in [0.25, 0.3) is 5.70 Å². The number of hydrazone groups is 2. The second-order valence-electron chi connectivity index (χ2n) is 6.68. The SMILES string of the molecule is CC1=C(C#N)C2=NN3CC(c4ccccc4)=NC3=NN2C(c2ccccc2)=C1. The van der Waals surface area contributed by atoms with Crippen LogP contribution in [-0.4, -0.2) is 34.1 Å². The molecule has 5 rings (SSSR count). The predicted octanol–water partition coefficient (Wildman–Crippen LogP) is 3.59. The zero-order valence-electron chi connectivity index (χ0n) is 15.2. The first-order chi connectivity index (χ1) is 13.7. The van der Waals surface area contributed by atoms with E-state index in [-0.39, 0.29) is 0 Å². The summed E-state index contributed by atoms with van der Waals surface area (Å²) in [4.78, 5) is 4.69. The summed E-state index contributed by atoms with van der Waals surface area (Å²) in [5, 5.41) is 22.6. The first-order valence-corrected chi connectivity index (χ1v) is 9.01. The Kier molecular flexibility index (Phi) is 3.66. The Morgan fingerprint density at radius 3 is 2.29 bits per heavy atom. The fraction of sp³-hybridized carbons (Fsp3) is 0.0909. The Balaban J connectivity index is 1.61. The Hall–Kier alpha value is -3.98. The molecule has 6 nitrogen and oxygen atoms in total. The van der Waals surface area contributed by atoms with Crippen LogP contribution in [0, 0.1) is 11.3 Å². The largest absolute Gasteiger partial charge is 0.264 e. The van der Waals surface area contributed by atoms with Gasteiger partial charge in [-0.3, -0.25) is 0 Å². The van der Waals surface area contributed by atoms with Gasteiger partial charge in [0.2, 0.25) is 0 Å². The predicted molar refractivity (Wildman–Crippen MR) is 109 cm³/mol. The molecule has 134 valence electrons. The number of hydrogen-bond donors (Lipinski definition) is 0. The van der Waals surface area contributed by atoms with Crippen LogP contribution in [0.3, 0.4) is 0 Å². The van der Waals surface area contributed by atoms with Crippen LogP contribution < -0.4 is 0 Å². The normalized spacial score (nSPS) is 17.9. The van der Waals surface area contributed by atoms with Crippen molar-refractivity contribution in [2.24, 2.45) is 15.2 Å². The van der Waals surface area contributed by atoms with Gasteiger partial charge in [0, 0.05) is 5.56 Å². The van der Waals surface area contributed by atoms with Crippen molar-refractivity contribution in [3.8, 4) is 6.07 Å². The van der Waals surface area contributed by atoms with E-state index in [0.717, 1.165) is 28.1 Å². The van der Waals surface area contributed by atoms with E-state index in [0.29, 0.717) is 23.9 Å². The average molecular weight is 364 g/mol. The summed E-state index contributed by atoms with van der Waals surface area (Å²) in [5.41, 5.74) is 5.24. The van der Waals surface area contributed by atoms with Gasteiger partial charge < -0.3 is 0 Å². The number of rotatable bonds is 2. The zero-order chi connectivity index (χ0) is 19.1. The van der Waals surface area contributed by atoms with E-state index in [2.05, 4.69) is 11.1 Å². The number of aliphatic imine (C=N–C) groups is 1. The molecule has 0 aromatic heterocycles. The summed E-state index contributed by atoms with van der Waals surface area (Å²) in [6, 6.07) is 22.3. The number of hydrogen-bond acceptors (Lipinski definition) is 6. The maximum atomic E-state index is 9.69. The molecule has 0 saturated heterocycles. The highest BCUT2D eigenvalue weighted by molar-refractivity contribution is 6.16. The van der Waals surface area contributed by atoms with E-state index in [1.54, 1.807) is 10.0 Å². The van der Waals surface area contributed by atoms with Gasteiger partial charge in [-0.15, -0.1) is 10.2 Å². The standard InChI is InChI=1S/C22H16N6/c1-15-12-20(17-10-6-3-7-11-17)28-21(18(15)13-23)25-27-14-19(24-22(27)26-28)16-8-4-2-5-9-16/h2-12H,14H2,1H3. The summed E-state index contributed by atoms with van der Waals surface area (Å²) in [7, 11) is 0. The smallest absolute Gasteiger partial charge is 0.222 e. The van der Waals surface area contributed by atoms with Gasteiger partial charge in [-0.2, -0.15) is 5.26 Å². The zero-order valence-corrected chi connectivity index (χ0v) is 15.2. The second-order valence-corrected chi connectivity index (χ2v) is 6.68. The van der Waals surface area contributed by atoms with Crippen LogP contribution in [0.4, 0.5) is 0 Å². The summed E-state index contributed by atoms with van der Waals surface area (Å²) < 4.78 is 0. The number of amidine groups is 1. The number of fused-ring (bicyclic) bond motifs is 2. The maximum absolute atomic E-state index is 9.69. The minimum absolute atomic E-state index is 0.524. The molecule has 0 saturated carbocycles. The molecule has 28 heavy (non-hydrogen) atoms. The molecule has 3 aliphatic rings. The first kappa shape index (κ1) is 16.2. The van der Waals surface area contributed by atoms with Crippen molar-refractivity contribution >= 4 is 23.2 Å². The van der Waals surface area contributed by atoms with Gasteiger partial charge >= 0.3 is 0 Å². The molecule has 0 radical (unpaired) electrons.